The van der Waals surface area contributed by atoms with Gasteiger partial charge in [0, 0.05) is 11.6 Å². The lowest BCUT2D eigenvalue weighted by Crippen LogP contribution is -2.43. The lowest BCUT2D eigenvalue weighted by atomic mass is 9.73. The van der Waals surface area contributed by atoms with Crippen LogP contribution in [0.4, 0.5) is 0 Å². The van der Waals surface area contributed by atoms with Gasteiger partial charge in [-0.3, -0.25) is 0 Å². The molecular formula is C14H19N3. The van der Waals surface area contributed by atoms with Crippen LogP contribution < -0.4 is 5.73 Å². The maximum atomic E-state index is 6.35. The van der Waals surface area contributed by atoms with E-state index in [0.717, 1.165) is 18.4 Å². The molecule has 0 atom stereocenters. The number of nitrogens with two attached hydrogens (primary N) is 1. The van der Waals surface area contributed by atoms with Crippen LogP contribution >= 0.6 is 0 Å². The first-order valence-electron chi connectivity index (χ1n) is 6.36. The standard InChI is InChI=1S/C14H19N3/c1-10(2)17-9-16-12-8-11(4-5-13(12)17)14(15)6-3-7-14/h4-5,8-10H,3,6-7,15H2,1-2H3. The third kappa shape index (κ3) is 1.57. The number of aromatic nitrogens is 2. The number of benzene rings is 1. The quantitative estimate of drug-likeness (QED) is 0.860. The van der Waals surface area contributed by atoms with Crippen molar-refractivity contribution in [2.45, 2.75) is 44.7 Å². The predicted molar refractivity (Wildman–Crippen MR) is 69.8 cm³/mol. The van der Waals surface area contributed by atoms with Gasteiger partial charge in [-0.2, -0.15) is 0 Å². The van der Waals surface area contributed by atoms with Gasteiger partial charge in [-0.25, -0.2) is 4.98 Å². The van der Waals surface area contributed by atoms with Gasteiger partial charge in [0.05, 0.1) is 17.4 Å². The molecule has 0 unspecified atom stereocenters. The summed E-state index contributed by atoms with van der Waals surface area (Å²) in [6, 6.07) is 6.93. The smallest absolute Gasteiger partial charge is 0.0960 e. The van der Waals surface area contributed by atoms with E-state index in [1.165, 1.54) is 17.5 Å². The molecule has 1 aliphatic rings. The van der Waals surface area contributed by atoms with E-state index in [4.69, 9.17) is 5.73 Å². The average molecular weight is 229 g/mol. The summed E-state index contributed by atoms with van der Waals surface area (Å²) in [6.45, 7) is 4.34. The van der Waals surface area contributed by atoms with E-state index in [1.807, 2.05) is 6.33 Å². The van der Waals surface area contributed by atoms with E-state index in [1.54, 1.807) is 0 Å². The molecule has 1 heterocycles. The van der Waals surface area contributed by atoms with Crippen molar-refractivity contribution >= 4 is 11.0 Å². The summed E-state index contributed by atoms with van der Waals surface area (Å²) < 4.78 is 2.20. The molecule has 0 spiro atoms. The van der Waals surface area contributed by atoms with Crippen molar-refractivity contribution in [1.82, 2.24) is 9.55 Å². The van der Waals surface area contributed by atoms with Crippen LogP contribution in [-0.4, -0.2) is 9.55 Å². The zero-order valence-corrected chi connectivity index (χ0v) is 10.5. The summed E-state index contributed by atoms with van der Waals surface area (Å²) >= 11 is 0. The first-order chi connectivity index (χ1) is 8.10. The van der Waals surface area contributed by atoms with E-state index in [0.29, 0.717) is 6.04 Å². The van der Waals surface area contributed by atoms with Crippen molar-refractivity contribution < 1.29 is 0 Å². The molecule has 1 fully saturated rings. The van der Waals surface area contributed by atoms with Crippen LogP contribution in [0.5, 0.6) is 0 Å². The second-order valence-electron chi connectivity index (χ2n) is 5.46. The lowest BCUT2D eigenvalue weighted by Gasteiger charge is -2.38. The SMILES string of the molecule is CC(C)n1cnc2cc(C3(N)CCC3)ccc21. The Morgan fingerprint density at radius 3 is 2.71 bits per heavy atom. The van der Waals surface area contributed by atoms with Crippen molar-refractivity contribution in [3.63, 3.8) is 0 Å². The number of hydrogen-bond donors (Lipinski definition) is 1. The van der Waals surface area contributed by atoms with Crippen molar-refractivity contribution in [3.05, 3.63) is 30.1 Å². The molecule has 90 valence electrons. The Morgan fingerprint density at radius 1 is 1.35 bits per heavy atom. The van der Waals surface area contributed by atoms with Crippen LogP contribution in [0, 0.1) is 0 Å². The zero-order valence-electron chi connectivity index (χ0n) is 10.5. The van der Waals surface area contributed by atoms with Crippen molar-refractivity contribution in [1.29, 1.82) is 0 Å². The molecule has 17 heavy (non-hydrogen) atoms. The van der Waals surface area contributed by atoms with E-state index < -0.39 is 0 Å². The number of imidazole rings is 1. The van der Waals surface area contributed by atoms with Gasteiger partial charge < -0.3 is 10.3 Å². The molecular weight excluding hydrogens is 210 g/mol. The molecule has 0 aliphatic heterocycles. The van der Waals surface area contributed by atoms with Crippen LogP contribution in [0.2, 0.25) is 0 Å². The van der Waals surface area contributed by atoms with Gasteiger partial charge in [-0.15, -0.1) is 0 Å². The second kappa shape index (κ2) is 3.57. The van der Waals surface area contributed by atoms with E-state index in [-0.39, 0.29) is 5.54 Å². The highest BCUT2D eigenvalue weighted by Gasteiger charge is 2.34. The molecule has 1 aromatic heterocycles. The van der Waals surface area contributed by atoms with Gasteiger partial charge in [-0.1, -0.05) is 6.07 Å². The van der Waals surface area contributed by atoms with Gasteiger partial charge in [-0.05, 0) is 50.8 Å². The minimum Gasteiger partial charge on any atom is -0.328 e. The number of nitrogens with zero attached hydrogens (tertiary/aromatic N) is 2. The minimum atomic E-state index is -0.0875. The Kier molecular flexibility index (Phi) is 2.26. The summed E-state index contributed by atoms with van der Waals surface area (Å²) in [6.07, 6.45) is 5.37. The zero-order chi connectivity index (χ0) is 12.0. The minimum absolute atomic E-state index is 0.0875. The predicted octanol–water partition coefficient (Wildman–Crippen LogP) is 2.96. The normalized spacial score (nSPS) is 18.6. The highest BCUT2D eigenvalue weighted by Crippen LogP contribution is 2.39. The fourth-order valence-electron chi connectivity index (χ4n) is 2.60. The lowest BCUT2D eigenvalue weighted by molar-refractivity contribution is 0.254. The second-order valence-corrected chi connectivity index (χ2v) is 5.46. The molecule has 2 N–H and O–H groups in total. The van der Waals surface area contributed by atoms with Crippen molar-refractivity contribution in [3.8, 4) is 0 Å². The Balaban J connectivity index is 2.09. The third-order valence-corrected chi connectivity index (χ3v) is 3.95. The topological polar surface area (TPSA) is 43.8 Å². The molecule has 3 rings (SSSR count). The monoisotopic (exact) mass is 229 g/mol. The molecule has 0 saturated heterocycles. The van der Waals surface area contributed by atoms with Gasteiger partial charge in [0.2, 0.25) is 0 Å². The van der Waals surface area contributed by atoms with E-state index in [2.05, 4.69) is 41.6 Å². The molecule has 0 radical (unpaired) electrons. The first kappa shape index (κ1) is 10.8. The van der Waals surface area contributed by atoms with E-state index >= 15 is 0 Å². The average Bonchev–Trinajstić information content (AvgIpc) is 2.68. The Hall–Kier alpha value is -1.35. The van der Waals surface area contributed by atoms with Gasteiger partial charge in [0.1, 0.15) is 0 Å². The molecule has 1 aliphatic carbocycles. The van der Waals surface area contributed by atoms with Crippen LogP contribution in [-0.2, 0) is 5.54 Å². The third-order valence-electron chi connectivity index (χ3n) is 3.95. The van der Waals surface area contributed by atoms with Gasteiger partial charge in [0.15, 0.2) is 0 Å². The van der Waals surface area contributed by atoms with Gasteiger partial charge >= 0.3 is 0 Å². The maximum Gasteiger partial charge on any atom is 0.0960 e. The molecule has 3 heteroatoms. The summed E-state index contributed by atoms with van der Waals surface area (Å²) in [5.41, 5.74) is 9.76. The van der Waals surface area contributed by atoms with Crippen LogP contribution in [0.3, 0.4) is 0 Å². The summed E-state index contributed by atoms with van der Waals surface area (Å²) in [5.74, 6) is 0. The Bertz CT molecular complexity index is 550. The molecule has 0 amide bonds. The van der Waals surface area contributed by atoms with Crippen LogP contribution in [0.25, 0.3) is 11.0 Å². The molecule has 3 nitrogen and oxygen atoms in total. The van der Waals surface area contributed by atoms with Crippen LogP contribution in [0.1, 0.15) is 44.7 Å². The molecule has 2 aromatic rings. The number of rotatable bonds is 2. The van der Waals surface area contributed by atoms with Crippen molar-refractivity contribution in [2.24, 2.45) is 5.73 Å². The fraction of sp³-hybridized carbons (Fsp3) is 0.500. The molecule has 0 bridgehead atoms. The van der Waals surface area contributed by atoms with Gasteiger partial charge in [0.25, 0.3) is 0 Å². The summed E-state index contributed by atoms with van der Waals surface area (Å²) in [4.78, 5) is 4.48. The highest BCUT2D eigenvalue weighted by atomic mass is 15.1. The van der Waals surface area contributed by atoms with Crippen molar-refractivity contribution in [2.75, 3.05) is 0 Å². The molecule has 1 aromatic carbocycles. The Morgan fingerprint density at radius 2 is 2.12 bits per heavy atom. The largest absolute Gasteiger partial charge is 0.328 e. The fourth-order valence-corrected chi connectivity index (χ4v) is 2.60. The van der Waals surface area contributed by atoms with Crippen LogP contribution in [0.15, 0.2) is 24.5 Å². The maximum absolute atomic E-state index is 6.35. The first-order valence-corrected chi connectivity index (χ1v) is 6.36. The number of fused-ring (bicyclic) bond motifs is 1. The Labute approximate surface area is 102 Å². The summed E-state index contributed by atoms with van der Waals surface area (Å²) in [7, 11) is 0. The highest BCUT2D eigenvalue weighted by molar-refractivity contribution is 5.76. The number of hydrogen-bond acceptors (Lipinski definition) is 2. The summed E-state index contributed by atoms with van der Waals surface area (Å²) in [5, 5.41) is 0. The van der Waals surface area contributed by atoms with E-state index in [9.17, 15) is 0 Å². The molecule has 1 saturated carbocycles.